The molecule has 1 N–H and O–H groups in total. The van der Waals surface area contributed by atoms with Gasteiger partial charge in [-0.05, 0) is 0 Å². The Labute approximate surface area is 187 Å². The molecule has 0 heterocycles. The fraction of sp³-hybridized carbons (Fsp3) is 0.333. The van der Waals surface area contributed by atoms with Crippen LogP contribution in [0, 0.1) is 0 Å². The maximum absolute atomic E-state index is 4.14. The Bertz CT molecular complexity index is 911. The van der Waals surface area contributed by atoms with Gasteiger partial charge in [0.1, 0.15) is 0 Å². The van der Waals surface area contributed by atoms with E-state index in [9.17, 15) is 0 Å². The van der Waals surface area contributed by atoms with E-state index in [1.165, 1.54) is 22.3 Å². The van der Waals surface area contributed by atoms with Gasteiger partial charge in [0.05, 0.1) is 0 Å². The summed E-state index contributed by atoms with van der Waals surface area (Å²) in [5.41, 5.74) is 5.84. The molecule has 0 fully saturated rings. The van der Waals surface area contributed by atoms with E-state index in [1.54, 1.807) is 0 Å². The summed E-state index contributed by atoms with van der Waals surface area (Å²) in [5.74, 6) is 0. The number of nitrogens with one attached hydrogen (secondary N) is 1. The quantitative estimate of drug-likeness (QED) is 0.417. The third kappa shape index (κ3) is 5.68. The molecule has 0 spiro atoms. The number of rotatable bonds is 3. The molecule has 27 heavy (non-hydrogen) atoms. The minimum absolute atomic E-state index is 0. The Kier molecular flexibility index (Phi) is 8.05. The van der Waals surface area contributed by atoms with Crippen molar-refractivity contribution < 1.29 is 17.7 Å². The van der Waals surface area contributed by atoms with Crippen molar-refractivity contribution in [1.29, 1.82) is 0 Å². The zero-order valence-corrected chi connectivity index (χ0v) is 23.8. The number of hydrogen-bond acceptors (Lipinski definition) is 1. The fourth-order valence-corrected chi connectivity index (χ4v) is 23.1. The van der Waals surface area contributed by atoms with Crippen molar-refractivity contribution in [3.05, 3.63) is 69.7 Å². The molecule has 2 aromatic rings. The molecule has 0 aliphatic heterocycles. The van der Waals surface area contributed by atoms with Crippen LogP contribution in [0.25, 0.3) is 11.6 Å². The smallest absolute Gasteiger partial charge is 0.147 e. The molecule has 2 aromatic carbocycles. The van der Waals surface area contributed by atoms with Gasteiger partial charge in [-0.2, -0.15) is 0 Å². The topological polar surface area (TPSA) is 12.0 Å². The summed E-state index contributed by atoms with van der Waals surface area (Å²) in [5, 5.41) is 0. The SMILES string of the molecule is CC(C)(C)[NH][Zr]([CH3])([CH3])(=[SiH2])[CH]1C(c2ccc(Br)cc2)=Cc2ccccc21.Cl.Cl. The molecule has 1 aliphatic carbocycles. The molecule has 0 radical (unpaired) electrons. The Hall–Kier alpha value is 0.300. The Balaban J connectivity index is 0.00000182. The normalized spacial score (nSPS) is 16.7. The molecular weight excluding hydrogens is 536 g/mol. The number of allylic oxidation sites excluding steroid dienone is 1. The van der Waals surface area contributed by atoms with Gasteiger partial charge in [0.2, 0.25) is 0 Å². The van der Waals surface area contributed by atoms with E-state index in [0.717, 1.165) is 4.47 Å². The summed E-state index contributed by atoms with van der Waals surface area (Å²) in [6, 6.07) is 17.7. The predicted octanol–water partition coefficient (Wildman–Crippen LogP) is 6.53. The molecule has 0 bridgehead atoms. The van der Waals surface area contributed by atoms with Gasteiger partial charge in [-0.25, -0.2) is 0 Å². The van der Waals surface area contributed by atoms with E-state index >= 15 is 0 Å². The molecule has 1 atom stereocenters. The molecule has 1 nitrogen and oxygen atoms in total. The largest absolute Gasteiger partial charge is 0.147 e. The van der Waals surface area contributed by atoms with Crippen LogP contribution in [-0.4, -0.2) is 12.4 Å². The van der Waals surface area contributed by atoms with Gasteiger partial charge in [0.25, 0.3) is 0 Å². The van der Waals surface area contributed by atoms with Gasteiger partial charge in [-0.15, -0.1) is 24.8 Å². The van der Waals surface area contributed by atoms with Crippen molar-refractivity contribution >= 4 is 59.3 Å². The van der Waals surface area contributed by atoms with Gasteiger partial charge in [-0.3, -0.25) is 0 Å². The van der Waals surface area contributed by atoms with Gasteiger partial charge in [0.15, 0.2) is 0 Å². The Morgan fingerprint density at radius 1 is 0.963 bits per heavy atom. The Morgan fingerprint density at radius 2 is 1.52 bits per heavy atom. The maximum atomic E-state index is 4.14. The second-order valence-electron chi connectivity index (χ2n) is 9.35. The predicted molar refractivity (Wildman–Crippen MR) is 129 cm³/mol. The van der Waals surface area contributed by atoms with E-state index in [2.05, 4.69) is 111 Å². The Morgan fingerprint density at radius 3 is 2.07 bits per heavy atom. The summed E-state index contributed by atoms with van der Waals surface area (Å²) in [7, 11) is 0. The average molecular weight is 567 g/mol. The van der Waals surface area contributed by atoms with Crippen LogP contribution in [0.2, 0.25) is 9.26 Å². The number of halogens is 3. The van der Waals surface area contributed by atoms with Crippen LogP contribution in [0.15, 0.2) is 53.0 Å². The molecule has 0 saturated heterocycles. The maximum Gasteiger partial charge on any atom is -0.147 e. The minimum Gasteiger partial charge on any atom is -0.147 e. The number of hydrogen-bond donors (Lipinski definition) is 1. The third-order valence-electron chi connectivity index (χ3n) is 4.82. The van der Waals surface area contributed by atoms with Crippen molar-refractivity contribution in [2.24, 2.45) is 0 Å². The van der Waals surface area contributed by atoms with Gasteiger partial charge < -0.3 is 0 Å². The molecule has 0 amide bonds. The zero-order chi connectivity index (χ0) is 18.5. The van der Waals surface area contributed by atoms with Crippen molar-refractivity contribution in [1.82, 2.24) is 3.26 Å². The van der Waals surface area contributed by atoms with Crippen molar-refractivity contribution in [3.63, 3.8) is 0 Å². The van der Waals surface area contributed by atoms with Crippen LogP contribution in [0.4, 0.5) is 0 Å². The molecule has 0 aromatic heterocycles. The standard InChI is InChI=1S/C15H10Br.C4H10N.2CH3.2ClH.H2Si.Zr/c16-15-7-5-11(6-8-15)14-9-12-3-1-2-4-13(12)10-14;1-4(2,3)5;;;;;;/h1-10H;5H,1-3H3;2*1H3;2*1H;1H2;/q;-1;;;;;;+1. The monoisotopic (exact) mass is 563 g/mol. The fourth-order valence-electron chi connectivity index (χ4n) is 4.52. The van der Waals surface area contributed by atoms with Gasteiger partial charge in [-0.1, -0.05) is 0 Å². The summed E-state index contributed by atoms with van der Waals surface area (Å²) in [6.07, 6.45) is 2.42. The molecule has 6 heteroatoms. The van der Waals surface area contributed by atoms with Crippen molar-refractivity contribution in [3.8, 4) is 0 Å². The van der Waals surface area contributed by atoms with Crippen LogP contribution in [-0.2, 0) is 17.7 Å². The average Bonchev–Trinajstić information content (AvgIpc) is 2.85. The first kappa shape index (κ1) is 25.3. The minimum atomic E-state index is -3.25. The van der Waals surface area contributed by atoms with Crippen LogP contribution in [0.1, 0.15) is 41.1 Å². The first-order valence-corrected chi connectivity index (χ1v) is 23.2. The first-order chi connectivity index (χ1) is 11.4. The molecule has 1 aliphatic rings. The van der Waals surface area contributed by atoms with E-state index in [1.807, 2.05) is 0 Å². The summed E-state index contributed by atoms with van der Waals surface area (Å²) >= 11 is 0.316. The van der Waals surface area contributed by atoms with Gasteiger partial charge >= 0.3 is 164 Å². The molecule has 148 valence electrons. The molecule has 0 saturated carbocycles. The van der Waals surface area contributed by atoms with Gasteiger partial charge in [0, 0.05) is 0 Å². The van der Waals surface area contributed by atoms with E-state index < -0.39 is 17.7 Å². The summed E-state index contributed by atoms with van der Waals surface area (Å²) < 4.78 is 10.9. The van der Waals surface area contributed by atoms with Crippen molar-refractivity contribution in [2.75, 3.05) is 0 Å². The summed E-state index contributed by atoms with van der Waals surface area (Å²) in [4.78, 5) is 0. The first-order valence-electron chi connectivity index (χ1n) is 8.88. The second kappa shape index (κ2) is 8.58. The number of fused-ring (bicyclic) bond motifs is 1. The van der Waals surface area contributed by atoms with Crippen molar-refractivity contribution in [2.45, 2.75) is 39.2 Å². The third-order valence-corrected chi connectivity index (χ3v) is 18.7. The van der Waals surface area contributed by atoms with Crippen LogP contribution in [0.5, 0.6) is 0 Å². The second-order valence-corrected chi connectivity index (χ2v) is 39.0. The molecule has 1 unspecified atom stereocenters. The van der Waals surface area contributed by atoms with E-state index in [4.69, 9.17) is 0 Å². The molecular formula is C21H30BrCl2NSiZr. The van der Waals surface area contributed by atoms with Crippen LogP contribution in [0.3, 0.4) is 0 Å². The summed E-state index contributed by atoms with van der Waals surface area (Å²) in [6.45, 7) is 9.18. The van der Waals surface area contributed by atoms with E-state index in [-0.39, 0.29) is 30.4 Å². The molecule has 3 rings (SSSR count). The van der Waals surface area contributed by atoms with Crippen LogP contribution < -0.4 is 3.26 Å². The number of benzene rings is 2. The van der Waals surface area contributed by atoms with Crippen LogP contribution >= 0.6 is 40.7 Å². The van der Waals surface area contributed by atoms with E-state index in [0.29, 0.717) is 3.63 Å². The zero-order valence-electron chi connectivity index (χ0n) is 16.7.